The summed E-state index contributed by atoms with van der Waals surface area (Å²) in [4.78, 5) is 0. The maximum atomic E-state index is 13.2. The number of hydrogen-bond donors (Lipinski definition) is 1. The van der Waals surface area contributed by atoms with E-state index in [4.69, 9.17) is 5.26 Å². The monoisotopic (exact) mass is 224 g/mol. The van der Waals surface area contributed by atoms with Gasteiger partial charge in [-0.25, -0.2) is 8.78 Å². The van der Waals surface area contributed by atoms with Gasteiger partial charge in [-0.05, 0) is 12.5 Å². The van der Waals surface area contributed by atoms with Gasteiger partial charge in [-0.2, -0.15) is 5.26 Å². The van der Waals surface area contributed by atoms with Crippen LogP contribution >= 0.6 is 0 Å². The summed E-state index contributed by atoms with van der Waals surface area (Å²) in [5, 5.41) is 11.7. The molecule has 0 aliphatic carbocycles. The summed E-state index contributed by atoms with van der Waals surface area (Å²) in [6.07, 6.45) is 0.759. The van der Waals surface area contributed by atoms with Gasteiger partial charge in [0.25, 0.3) is 0 Å². The number of nitrogens with one attached hydrogen (secondary N) is 1. The highest BCUT2D eigenvalue weighted by Crippen LogP contribution is 2.09. The van der Waals surface area contributed by atoms with Crippen molar-refractivity contribution in [1.29, 1.82) is 5.26 Å². The van der Waals surface area contributed by atoms with Crippen LogP contribution in [-0.2, 0) is 6.54 Å². The predicted octanol–water partition coefficient (Wildman–Crippen LogP) is 2.60. The number of halogens is 2. The van der Waals surface area contributed by atoms with Crippen LogP contribution in [0.15, 0.2) is 18.2 Å². The maximum Gasteiger partial charge on any atom is 0.130 e. The Bertz CT molecular complexity index is 385. The van der Waals surface area contributed by atoms with Crippen LogP contribution in [0.4, 0.5) is 8.78 Å². The molecule has 0 spiro atoms. The Hall–Kier alpha value is -1.47. The summed E-state index contributed by atoms with van der Waals surface area (Å²) in [6.45, 7) is 2.75. The van der Waals surface area contributed by atoms with Crippen molar-refractivity contribution < 1.29 is 8.78 Å². The minimum atomic E-state index is -0.579. The molecule has 1 N–H and O–H groups in total. The second kappa shape index (κ2) is 6.19. The zero-order valence-electron chi connectivity index (χ0n) is 9.13. The fraction of sp³-hybridized carbons (Fsp3) is 0.417. The third-order valence-electron chi connectivity index (χ3n) is 2.40. The van der Waals surface area contributed by atoms with E-state index in [1.54, 1.807) is 0 Å². The molecular formula is C12H14F2N2. The van der Waals surface area contributed by atoms with Crippen LogP contribution in [-0.4, -0.2) is 6.54 Å². The van der Waals surface area contributed by atoms with Gasteiger partial charge in [0.2, 0.25) is 0 Å². The van der Waals surface area contributed by atoms with Gasteiger partial charge in [-0.3, -0.25) is 0 Å². The van der Waals surface area contributed by atoms with Crippen molar-refractivity contribution >= 4 is 0 Å². The number of rotatable bonds is 5. The Morgan fingerprint density at radius 3 is 2.75 bits per heavy atom. The van der Waals surface area contributed by atoms with Crippen molar-refractivity contribution in [3.05, 3.63) is 35.4 Å². The Morgan fingerprint density at radius 1 is 1.44 bits per heavy atom. The van der Waals surface area contributed by atoms with Crippen LogP contribution in [0.1, 0.15) is 18.9 Å². The van der Waals surface area contributed by atoms with E-state index in [1.807, 2.05) is 6.92 Å². The minimum Gasteiger partial charge on any atom is -0.311 e. The van der Waals surface area contributed by atoms with E-state index in [0.717, 1.165) is 12.5 Å². The molecule has 0 radical (unpaired) electrons. The highest BCUT2D eigenvalue weighted by atomic mass is 19.1. The lowest BCUT2D eigenvalue weighted by Crippen LogP contribution is -2.21. The van der Waals surface area contributed by atoms with E-state index in [-0.39, 0.29) is 5.92 Å². The van der Waals surface area contributed by atoms with Crippen molar-refractivity contribution in [3.63, 3.8) is 0 Å². The van der Waals surface area contributed by atoms with Crippen LogP contribution < -0.4 is 5.32 Å². The zero-order valence-corrected chi connectivity index (χ0v) is 9.13. The average molecular weight is 224 g/mol. The second-order valence-electron chi connectivity index (χ2n) is 3.60. The van der Waals surface area contributed by atoms with Crippen LogP contribution in [0.25, 0.3) is 0 Å². The van der Waals surface area contributed by atoms with Gasteiger partial charge < -0.3 is 5.32 Å². The molecule has 0 aliphatic heterocycles. The normalized spacial score (nSPS) is 12.1. The van der Waals surface area contributed by atoms with Gasteiger partial charge in [0, 0.05) is 24.7 Å². The first-order valence-electron chi connectivity index (χ1n) is 5.21. The van der Waals surface area contributed by atoms with Crippen LogP contribution in [0.5, 0.6) is 0 Å². The standard InChI is InChI=1S/C12H14F2N2/c1-2-9(6-15)7-16-8-10-3-4-11(13)5-12(10)14/h3-5,9,16H,2,7-8H2,1H3. The van der Waals surface area contributed by atoms with Gasteiger partial charge in [-0.15, -0.1) is 0 Å². The average Bonchev–Trinajstić information content (AvgIpc) is 2.27. The highest BCUT2D eigenvalue weighted by Gasteiger charge is 2.06. The Balaban J connectivity index is 2.46. The smallest absolute Gasteiger partial charge is 0.130 e. The Labute approximate surface area is 93.9 Å². The molecule has 0 aromatic heterocycles. The molecule has 1 rings (SSSR count). The molecule has 0 bridgehead atoms. The SMILES string of the molecule is CCC(C#N)CNCc1ccc(F)cc1F. The van der Waals surface area contributed by atoms with Crippen molar-refractivity contribution in [2.45, 2.75) is 19.9 Å². The first-order valence-corrected chi connectivity index (χ1v) is 5.21. The summed E-state index contributed by atoms with van der Waals surface area (Å²) in [7, 11) is 0. The quantitative estimate of drug-likeness (QED) is 0.834. The molecule has 0 aliphatic rings. The molecule has 1 aromatic carbocycles. The molecule has 2 nitrogen and oxygen atoms in total. The molecule has 86 valence electrons. The molecule has 1 unspecified atom stereocenters. The Morgan fingerprint density at radius 2 is 2.19 bits per heavy atom. The van der Waals surface area contributed by atoms with E-state index in [0.29, 0.717) is 18.7 Å². The van der Waals surface area contributed by atoms with Gasteiger partial charge in [0.15, 0.2) is 0 Å². The molecular weight excluding hydrogens is 210 g/mol. The van der Waals surface area contributed by atoms with Gasteiger partial charge in [0.05, 0.1) is 12.0 Å². The van der Waals surface area contributed by atoms with Crippen LogP contribution in [0.3, 0.4) is 0 Å². The maximum absolute atomic E-state index is 13.2. The summed E-state index contributed by atoms with van der Waals surface area (Å²) in [6, 6.07) is 5.64. The van der Waals surface area contributed by atoms with Gasteiger partial charge >= 0.3 is 0 Å². The predicted molar refractivity (Wildman–Crippen MR) is 57.5 cm³/mol. The van der Waals surface area contributed by atoms with E-state index in [1.165, 1.54) is 12.1 Å². The van der Waals surface area contributed by atoms with E-state index in [2.05, 4.69) is 11.4 Å². The van der Waals surface area contributed by atoms with Crippen LogP contribution in [0, 0.1) is 28.9 Å². The highest BCUT2D eigenvalue weighted by molar-refractivity contribution is 5.18. The topological polar surface area (TPSA) is 35.8 Å². The second-order valence-corrected chi connectivity index (χ2v) is 3.60. The number of nitriles is 1. The van der Waals surface area contributed by atoms with Crippen molar-refractivity contribution in [2.24, 2.45) is 5.92 Å². The molecule has 0 amide bonds. The lowest BCUT2D eigenvalue weighted by molar-refractivity contribution is 0.529. The molecule has 1 atom stereocenters. The lowest BCUT2D eigenvalue weighted by atomic mass is 10.1. The fourth-order valence-corrected chi connectivity index (χ4v) is 1.33. The fourth-order valence-electron chi connectivity index (χ4n) is 1.33. The molecule has 0 heterocycles. The van der Waals surface area contributed by atoms with Crippen LogP contribution in [0.2, 0.25) is 0 Å². The number of benzene rings is 1. The van der Waals surface area contributed by atoms with Crippen molar-refractivity contribution in [1.82, 2.24) is 5.32 Å². The summed E-state index contributed by atoms with van der Waals surface area (Å²) < 4.78 is 25.8. The van der Waals surface area contributed by atoms with E-state index in [9.17, 15) is 8.78 Å². The third kappa shape index (κ3) is 3.59. The van der Waals surface area contributed by atoms with Crippen molar-refractivity contribution in [3.8, 4) is 6.07 Å². The molecule has 16 heavy (non-hydrogen) atoms. The van der Waals surface area contributed by atoms with E-state index < -0.39 is 11.6 Å². The van der Waals surface area contributed by atoms with Crippen molar-refractivity contribution in [2.75, 3.05) is 6.54 Å². The number of hydrogen-bond acceptors (Lipinski definition) is 2. The summed E-state index contributed by atoms with van der Waals surface area (Å²) in [5.41, 5.74) is 0.411. The molecule has 0 saturated carbocycles. The van der Waals surface area contributed by atoms with E-state index >= 15 is 0 Å². The molecule has 4 heteroatoms. The minimum absolute atomic E-state index is 0.0662. The van der Waals surface area contributed by atoms with Gasteiger partial charge in [-0.1, -0.05) is 13.0 Å². The first-order chi connectivity index (χ1) is 7.67. The summed E-state index contributed by atoms with van der Waals surface area (Å²) >= 11 is 0. The largest absolute Gasteiger partial charge is 0.311 e. The molecule has 1 aromatic rings. The molecule has 0 fully saturated rings. The Kier molecular flexibility index (Phi) is 4.87. The van der Waals surface area contributed by atoms with Gasteiger partial charge in [0.1, 0.15) is 11.6 Å². The summed E-state index contributed by atoms with van der Waals surface area (Å²) in [5.74, 6) is -1.20. The molecule has 0 saturated heterocycles. The lowest BCUT2D eigenvalue weighted by Gasteiger charge is -2.08. The first kappa shape index (κ1) is 12.6. The third-order valence-corrected chi connectivity index (χ3v) is 2.40. The number of nitrogens with zero attached hydrogens (tertiary/aromatic N) is 1. The zero-order chi connectivity index (χ0) is 12.0.